The largest absolute Gasteiger partial charge is 0.376 e. The van der Waals surface area contributed by atoms with Crippen molar-refractivity contribution in [1.82, 2.24) is 4.90 Å². The average Bonchev–Trinajstić information content (AvgIpc) is 2.63. The normalized spacial score (nSPS) is 18.8. The maximum absolute atomic E-state index is 4.71. The van der Waals surface area contributed by atoms with Crippen molar-refractivity contribution in [3.8, 4) is 0 Å². The molecule has 3 rings (SSSR count). The third kappa shape index (κ3) is 1.14. The molecule has 0 saturated carbocycles. The minimum Gasteiger partial charge on any atom is -0.376 e. The van der Waals surface area contributed by atoms with Crippen LogP contribution in [0, 0.1) is 0 Å². The van der Waals surface area contributed by atoms with E-state index in [0.717, 1.165) is 18.3 Å². The van der Waals surface area contributed by atoms with Crippen molar-refractivity contribution in [3.63, 3.8) is 0 Å². The van der Waals surface area contributed by atoms with Gasteiger partial charge >= 0.3 is 0 Å². The molecule has 2 heterocycles. The van der Waals surface area contributed by atoms with Gasteiger partial charge in [-0.05, 0) is 25.0 Å². The van der Waals surface area contributed by atoms with E-state index >= 15 is 0 Å². The van der Waals surface area contributed by atoms with Gasteiger partial charge in [-0.2, -0.15) is 0 Å². The summed E-state index contributed by atoms with van der Waals surface area (Å²) in [6.45, 7) is 3.26. The Morgan fingerprint density at radius 3 is 2.93 bits per heavy atom. The quantitative estimate of drug-likeness (QED) is 0.608. The van der Waals surface area contributed by atoms with Gasteiger partial charge in [-0.3, -0.25) is 0 Å². The minimum absolute atomic E-state index is 1.11. The van der Waals surface area contributed by atoms with E-state index in [1.54, 1.807) is 0 Å². The first kappa shape index (κ1) is 8.72. The summed E-state index contributed by atoms with van der Waals surface area (Å²) >= 11 is 0. The fourth-order valence-corrected chi connectivity index (χ4v) is 2.32. The second-order valence-corrected chi connectivity index (χ2v) is 4.21. The molecule has 1 aromatic rings. The molecule has 0 aliphatic carbocycles. The zero-order chi connectivity index (χ0) is 10.4. The van der Waals surface area contributed by atoms with Crippen molar-refractivity contribution in [1.29, 1.82) is 0 Å². The summed E-state index contributed by atoms with van der Waals surface area (Å²) < 4.78 is 0. The van der Waals surface area contributed by atoms with Gasteiger partial charge in [-0.1, -0.05) is 18.2 Å². The topological polar surface area (TPSA) is 15.6 Å². The average molecular weight is 198 g/mol. The summed E-state index contributed by atoms with van der Waals surface area (Å²) in [7, 11) is 2.14. The van der Waals surface area contributed by atoms with E-state index in [4.69, 9.17) is 4.99 Å². The lowest BCUT2D eigenvalue weighted by atomic mass is 10.0. The summed E-state index contributed by atoms with van der Waals surface area (Å²) in [6.07, 6.45) is 1.11. The first-order valence-corrected chi connectivity index (χ1v) is 5.37. The highest BCUT2D eigenvalue weighted by Crippen LogP contribution is 2.27. The van der Waals surface area contributed by atoms with Crippen LogP contribution in [0.15, 0.2) is 40.7 Å². The number of nitrogens with zero attached hydrogens (tertiary/aromatic N) is 2. The van der Waals surface area contributed by atoms with Crippen LogP contribution < -0.4 is 10.6 Å². The van der Waals surface area contributed by atoms with Crippen molar-refractivity contribution in [2.75, 3.05) is 13.6 Å². The first-order valence-electron chi connectivity index (χ1n) is 5.37. The Balaban J connectivity index is 2.38. The maximum Gasteiger partial charge on any atom is 0.0864 e. The molecule has 0 spiro atoms. The fraction of sp³-hybridized carbons (Fsp3) is 0.308. The van der Waals surface area contributed by atoms with E-state index in [9.17, 15) is 0 Å². The molecule has 2 heteroatoms. The van der Waals surface area contributed by atoms with Crippen LogP contribution in [0.25, 0.3) is 5.57 Å². The zero-order valence-electron chi connectivity index (χ0n) is 9.12. The molecule has 0 N–H and O–H groups in total. The van der Waals surface area contributed by atoms with Crippen LogP contribution in [-0.4, -0.2) is 18.5 Å². The number of fused-ring (bicyclic) bond motifs is 2. The third-order valence-corrected chi connectivity index (χ3v) is 3.36. The molecule has 2 nitrogen and oxygen atoms in total. The molecule has 0 unspecified atom stereocenters. The predicted molar refractivity (Wildman–Crippen MR) is 60.6 cm³/mol. The van der Waals surface area contributed by atoms with Crippen LogP contribution >= 0.6 is 0 Å². The highest BCUT2D eigenvalue weighted by atomic mass is 15.1. The maximum atomic E-state index is 4.71. The standard InChI is InChI=1S/C13H14N2/c1-9-13-11(7-8-15(9)2)10-5-3-4-6-12(10)14-13/h3-6H,7-8H2,1-2H3. The molecule has 15 heavy (non-hydrogen) atoms. The van der Waals surface area contributed by atoms with Gasteiger partial charge in [0.25, 0.3) is 0 Å². The van der Waals surface area contributed by atoms with Crippen molar-refractivity contribution in [2.45, 2.75) is 13.3 Å². The van der Waals surface area contributed by atoms with Crippen molar-refractivity contribution in [2.24, 2.45) is 4.99 Å². The molecule has 0 aromatic heterocycles. The Morgan fingerprint density at radius 2 is 2.07 bits per heavy atom. The Kier molecular flexibility index (Phi) is 1.72. The molecule has 0 fully saturated rings. The second kappa shape index (κ2) is 2.96. The number of hydrogen-bond acceptors (Lipinski definition) is 2. The number of hydrogen-bond donors (Lipinski definition) is 0. The van der Waals surface area contributed by atoms with Gasteiger partial charge in [0, 0.05) is 24.5 Å². The molecule has 0 amide bonds. The van der Waals surface area contributed by atoms with E-state index in [0.29, 0.717) is 0 Å². The number of allylic oxidation sites excluding steroid dienone is 2. The van der Waals surface area contributed by atoms with Gasteiger partial charge in [0.2, 0.25) is 0 Å². The van der Waals surface area contributed by atoms with Crippen LogP contribution in [0.3, 0.4) is 0 Å². The third-order valence-electron chi connectivity index (χ3n) is 3.36. The van der Waals surface area contributed by atoms with Gasteiger partial charge in [0.1, 0.15) is 0 Å². The number of para-hydroxylation sites is 1. The number of benzene rings is 1. The lowest BCUT2D eigenvalue weighted by Crippen LogP contribution is -2.26. The highest BCUT2D eigenvalue weighted by molar-refractivity contribution is 5.68. The summed E-state index contributed by atoms with van der Waals surface area (Å²) in [5.74, 6) is 0. The Bertz CT molecular complexity index is 566. The monoisotopic (exact) mass is 198 g/mol. The van der Waals surface area contributed by atoms with Gasteiger partial charge in [0.05, 0.1) is 11.1 Å². The molecule has 76 valence electrons. The molecular weight excluding hydrogens is 184 g/mol. The van der Waals surface area contributed by atoms with Crippen LogP contribution in [0.1, 0.15) is 13.3 Å². The van der Waals surface area contributed by atoms with Crippen molar-refractivity contribution < 1.29 is 0 Å². The van der Waals surface area contributed by atoms with E-state index in [1.165, 1.54) is 22.2 Å². The van der Waals surface area contributed by atoms with E-state index in [1.807, 2.05) is 0 Å². The van der Waals surface area contributed by atoms with Crippen LogP contribution in [0.2, 0.25) is 0 Å². The molecule has 2 aliphatic rings. The lowest BCUT2D eigenvalue weighted by Gasteiger charge is -2.27. The molecule has 0 radical (unpaired) electrons. The van der Waals surface area contributed by atoms with Crippen molar-refractivity contribution >= 4 is 5.57 Å². The smallest absolute Gasteiger partial charge is 0.0864 e. The minimum atomic E-state index is 1.11. The predicted octanol–water partition coefficient (Wildman–Crippen LogP) is 1.04. The zero-order valence-corrected chi connectivity index (χ0v) is 9.12. The Morgan fingerprint density at radius 1 is 1.27 bits per heavy atom. The molecule has 0 atom stereocenters. The SMILES string of the molecule is CC1=C2N=c3ccccc3=C2CCN1C. The molecular formula is C13H14N2. The van der Waals surface area contributed by atoms with Gasteiger partial charge in [-0.25, -0.2) is 4.99 Å². The van der Waals surface area contributed by atoms with Crippen molar-refractivity contribution in [3.05, 3.63) is 46.2 Å². The lowest BCUT2D eigenvalue weighted by molar-refractivity contribution is 0.413. The summed E-state index contributed by atoms with van der Waals surface area (Å²) in [6, 6.07) is 8.43. The summed E-state index contributed by atoms with van der Waals surface area (Å²) in [5, 5.41) is 2.47. The molecule has 0 bridgehead atoms. The summed E-state index contributed by atoms with van der Waals surface area (Å²) in [5.41, 5.74) is 3.93. The Hall–Kier alpha value is -1.57. The van der Waals surface area contributed by atoms with Crippen LogP contribution in [0.4, 0.5) is 0 Å². The van der Waals surface area contributed by atoms with Gasteiger partial charge in [0.15, 0.2) is 0 Å². The second-order valence-electron chi connectivity index (χ2n) is 4.21. The Labute approximate surface area is 89.3 Å². The van der Waals surface area contributed by atoms with Gasteiger partial charge < -0.3 is 4.90 Å². The molecule has 1 aromatic carbocycles. The van der Waals surface area contributed by atoms with Crippen LogP contribution in [-0.2, 0) is 0 Å². The highest BCUT2D eigenvalue weighted by Gasteiger charge is 2.21. The fourth-order valence-electron chi connectivity index (χ4n) is 2.32. The van der Waals surface area contributed by atoms with E-state index in [2.05, 4.69) is 43.1 Å². The summed E-state index contributed by atoms with van der Waals surface area (Å²) in [4.78, 5) is 6.99. The van der Waals surface area contributed by atoms with E-state index < -0.39 is 0 Å². The molecule has 2 aliphatic heterocycles. The number of rotatable bonds is 0. The van der Waals surface area contributed by atoms with Gasteiger partial charge in [-0.15, -0.1) is 0 Å². The van der Waals surface area contributed by atoms with E-state index in [-0.39, 0.29) is 0 Å². The first-order chi connectivity index (χ1) is 7.27. The van der Waals surface area contributed by atoms with Crippen LogP contribution in [0.5, 0.6) is 0 Å². The molecule has 0 saturated heterocycles.